The topological polar surface area (TPSA) is 30.2 Å². The van der Waals surface area contributed by atoms with Crippen LogP contribution in [0.3, 0.4) is 0 Å². The lowest BCUT2D eigenvalue weighted by Crippen LogP contribution is -2.16. The van der Waals surface area contributed by atoms with Crippen LogP contribution in [0, 0.1) is 0 Å². The summed E-state index contributed by atoms with van der Waals surface area (Å²) in [6.07, 6.45) is 3.53. The van der Waals surface area contributed by atoms with Crippen LogP contribution in [0.1, 0.15) is 5.56 Å². The molecule has 0 N–H and O–H groups in total. The molecule has 0 aliphatic carbocycles. The van der Waals surface area contributed by atoms with Crippen molar-refractivity contribution in [3.05, 3.63) is 87.1 Å². The molecule has 3 heterocycles. The van der Waals surface area contributed by atoms with Crippen LogP contribution >= 0.6 is 34.3 Å². The van der Waals surface area contributed by atoms with Crippen LogP contribution in [0.5, 0.6) is 0 Å². The highest BCUT2D eigenvalue weighted by atomic mass is 35.5. The maximum Gasteiger partial charge on any atom is 0.190 e. The highest BCUT2D eigenvalue weighted by Crippen LogP contribution is 2.26. The molecule has 4 rings (SSSR count). The summed E-state index contributed by atoms with van der Waals surface area (Å²) in [5.41, 5.74) is 3.17. The van der Waals surface area contributed by atoms with E-state index in [1.807, 2.05) is 30.3 Å². The molecule has 0 radical (unpaired) electrons. The van der Waals surface area contributed by atoms with Gasteiger partial charge in [0.15, 0.2) is 4.80 Å². The third kappa shape index (κ3) is 3.74. The molecule has 0 unspecified atom stereocenters. The molecule has 0 amide bonds. The highest BCUT2D eigenvalue weighted by Gasteiger charge is 2.10. The number of halogens is 1. The predicted molar refractivity (Wildman–Crippen MR) is 106 cm³/mol. The van der Waals surface area contributed by atoms with Gasteiger partial charge in [-0.3, -0.25) is 4.98 Å². The average molecular weight is 384 g/mol. The second-order valence-electron chi connectivity index (χ2n) is 5.42. The van der Waals surface area contributed by atoms with Gasteiger partial charge in [0.25, 0.3) is 0 Å². The maximum absolute atomic E-state index is 6.16. The Morgan fingerprint density at radius 1 is 1.08 bits per heavy atom. The average Bonchev–Trinajstić information content (AvgIpc) is 3.27. The predicted octanol–water partition coefficient (Wildman–Crippen LogP) is 5.61. The normalized spacial score (nSPS) is 11.8. The zero-order chi connectivity index (χ0) is 17.1. The molecule has 3 nitrogen and oxygen atoms in total. The number of aromatic nitrogens is 2. The van der Waals surface area contributed by atoms with E-state index >= 15 is 0 Å². The van der Waals surface area contributed by atoms with Crippen molar-refractivity contribution in [2.75, 3.05) is 0 Å². The molecule has 0 spiro atoms. The number of thiazole rings is 1. The fourth-order valence-electron chi connectivity index (χ4n) is 2.54. The highest BCUT2D eigenvalue weighted by molar-refractivity contribution is 7.14. The Bertz CT molecular complexity index is 1030. The SMILES string of the molecule is Clc1cccc(Cn2c(-c3cccs3)csc2=Nc2cccnc2)c1. The Kier molecular flexibility index (Phi) is 4.78. The van der Waals surface area contributed by atoms with Crippen molar-refractivity contribution in [3.8, 4) is 10.6 Å². The minimum atomic E-state index is 0.719. The monoisotopic (exact) mass is 383 g/mol. The number of nitrogens with zero attached hydrogens (tertiary/aromatic N) is 3. The molecule has 0 saturated carbocycles. The number of rotatable bonds is 4. The van der Waals surface area contributed by atoms with Crippen molar-refractivity contribution in [2.45, 2.75) is 6.54 Å². The van der Waals surface area contributed by atoms with Gasteiger partial charge in [0, 0.05) is 16.6 Å². The van der Waals surface area contributed by atoms with E-state index in [-0.39, 0.29) is 0 Å². The van der Waals surface area contributed by atoms with E-state index in [0.717, 1.165) is 27.6 Å². The molecule has 3 aromatic heterocycles. The minimum Gasteiger partial charge on any atom is -0.311 e. The number of benzene rings is 1. The second-order valence-corrected chi connectivity index (χ2v) is 7.64. The molecule has 4 aromatic rings. The molecule has 0 saturated heterocycles. The van der Waals surface area contributed by atoms with Gasteiger partial charge in [-0.25, -0.2) is 4.99 Å². The smallest absolute Gasteiger partial charge is 0.190 e. The minimum absolute atomic E-state index is 0.719. The number of thiophene rings is 1. The molecule has 124 valence electrons. The lowest BCUT2D eigenvalue weighted by Gasteiger charge is -2.08. The Morgan fingerprint density at radius 3 is 2.80 bits per heavy atom. The number of pyridine rings is 1. The van der Waals surface area contributed by atoms with E-state index in [0.29, 0.717) is 0 Å². The van der Waals surface area contributed by atoms with Gasteiger partial charge >= 0.3 is 0 Å². The van der Waals surface area contributed by atoms with Crippen molar-refractivity contribution in [1.29, 1.82) is 0 Å². The van der Waals surface area contributed by atoms with Gasteiger partial charge in [-0.15, -0.1) is 22.7 Å². The van der Waals surface area contributed by atoms with Gasteiger partial charge < -0.3 is 4.57 Å². The van der Waals surface area contributed by atoms with E-state index in [2.05, 4.69) is 38.5 Å². The van der Waals surface area contributed by atoms with Crippen molar-refractivity contribution in [1.82, 2.24) is 9.55 Å². The molecule has 25 heavy (non-hydrogen) atoms. The fraction of sp³-hybridized carbons (Fsp3) is 0.0526. The Morgan fingerprint density at radius 2 is 2.04 bits per heavy atom. The summed E-state index contributed by atoms with van der Waals surface area (Å²) in [5, 5.41) is 5.00. The van der Waals surface area contributed by atoms with Crippen LogP contribution in [0.4, 0.5) is 5.69 Å². The van der Waals surface area contributed by atoms with Crippen molar-refractivity contribution in [3.63, 3.8) is 0 Å². The summed E-state index contributed by atoms with van der Waals surface area (Å²) in [4.78, 5) is 11.1. The van der Waals surface area contributed by atoms with Crippen LogP contribution < -0.4 is 4.80 Å². The van der Waals surface area contributed by atoms with E-state index < -0.39 is 0 Å². The first-order valence-electron chi connectivity index (χ1n) is 7.71. The largest absolute Gasteiger partial charge is 0.311 e. The third-order valence-corrected chi connectivity index (χ3v) is 5.66. The molecule has 6 heteroatoms. The lowest BCUT2D eigenvalue weighted by molar-refractivity contribution is 0.779. The van der Waals surface area contributed by atoms with E-state index in [1.165, 1.54) is 10.6 Å². The molecule has 0 fully saturated rings. The number of hydrogen-bond donors (Lipinski definition) is 0. The molecular formula is C19H14ClN3S2. The van der Waals surface area contributed by atoms with E-state index in [4.69, 9.17) is 16.6 Å². The first-order valence-corrected chi connectivity index (χ1v) is 9.85. The fourth-order valence-corrected chi connectivity index (χ4v) is 4.50. The molecule has 0 bridgehead atoms. The molecule has 0 aliphatic heterocycles. The summed E-state index contributed by atoms with van der Waals surface area (Å²) in [5.74, 6) is 0. The maximum atomic E-state index is 6.16. The summed E-state index contributed by atoms with van der Waals surface area (Å²) >= 11 is 9.52. The van der Waals surface area contributed by atoms with Crippen LogP contribution in [0.25, 0.3) is 10.6 Å². The van der Waals surface area contributed by atoms with Crippen molar-refractivity contribution in [2.24, 2.45) is 4.99 Å². The summed E-state index contributed by atoms with van der Waals surface area (Å²) in [7, 11) is 0. The van der Waals surface area contributed by atoms with Gasteiger partial charge in [-0.1, -0.05) is 29.8 Å². The molecular weight excluding hydrogens is 370 g/mol. The Labute approximate surface area is 158 Å². The van der Waals surface area contributed by atoms with Crippen LogP contribution in [-0.4, -0.2) is 9.55 Å². The molecule has 0 atom stereocenters. The van der Waals surface area contributed by atoms with Gasteiger partial charge in [0.05, 0.1) is 29.0 Å². The molecule has 0 aliphatic rings. The van der Waals surface area contributed by atoms with Crippen LogP contribution in [-0.2, 0) is 6.54 Å². The van der Waals surface area contributed by atoms with Gasteiger partial charge in [-0.05, 0) is 41.3 Å². The van der Waals surface area contributed by atoms with Crippen LogP contribution in [0.15, 0.2) is 76.7 Å². The number of hydrogen-bond acceptors (Lipinski definition) is 4. The van der Waals surface area contributed by atoms with E-state index in [1.54, 1.807) is 35.1 Å². The summed E-state index contributed by atoms with van der Waals surface area (Å²) in [6.45, 7) is 0.719. The quantitative estimate of drug-likeness (QED) is 0.450. The first kappa shape index (κ1) is 16.3. The lowest BCUT2D eigenvalue weighted by atomic mass is 10.2. The summed E-state index contributed by atoms with van der Waals surface area (Å²) < 4.78 is 2.23. The Balaban J connectivity index is 1.84. The zero-order valence-corrected chi connectivity index (χ0v) is 15.6. The van der Waals surface area contributed by atoms with Crippen LogP contribution in [0.2, 0.25) is 5.02 Å². The summed E-state index contributed by atoms with van der Waals surface area (Å²) in [6, 6.07) is 16.0. The zero-order valence-electron chi connectivity index (χ0n) is 13.2. The Hall–Kier alpha value is -2.21. The van der Waals surface area contributed by atoms with Crippen molar-refractivity contribution >= 4 is 40.0 Å². The second kappa shape index (κ2) is 7.35. The van der Waals surface area contributed by atoms with Gasteiger partial charge in [0.1, 0.15) is 0 Å². The van der Waals surface area contributed by atoms with Gasteiger partial charge in [-0.2, -0.15) is 0 Å². The van der Waals surface area contributed by atoms with E-state index in [9.17, 15) is 0 Å². The first-order chi connectivity index (χ1) is 12.3. The van der Waals surface area contributed by atoms with Crippen molar-refractivity contribution < 1.29 is 0 Å². The molecule has 1 aromatic carbocycles. The third-order valence-electron chi connectivity index (χ3n) is 3.67. The van der Waals surface area contributed by atoms with Gasteiger partial charge in [0.2, 0.25) is 0 Å². The standard InChI is InChI=1S/C19H14ClN3S2/c20-15-5-1-4-14(10-15)12-23-17(18-7-3-9-24-18)13-25-19(23)22-16-6-2-8-21-11-16/h1-11,13H,12H2.